The Hall–Kier alpha value is -3.10. The molecule has 2 rings (SSSR count). The second-order valence-corrected chi connectivity index (χ2v) is 8.83. The van der Waals surface area contributed by atoms with E-state index in [9.17, 15) is 24.9 Å². The van der Waals surface area contributed by atoms with Gasteiger partial charge in [-0.1, -0.05) is 43.3 Å². The molecule has 0 saturated carbocycles. The van der Waals surface area contributed by atoms with E-state index < -0.39 is 30.1 Å². The van der Waals surface area contributed by atoms with Crippen molar-refractivity contribution in [1.29, 1.82) is 0 Å². The van der Waals surface area contributed by atoms with Crippen molar-refractivity contribution in [2.75, 3.05) is 13.7 Å². The zero-order valence-electron chi connectivity index (χ0n) is 20.7. The zero-order chi connectivity index (χ0) is 25.8. The van der Waals surface area contributed by atoms with Crippen molar-refractivity contribution in [1.82, 2.24) is 10.6 Å². The molecule has 2 aromatic carbocycles. The molecule has 0 saturated heterocycles. The van der Waals surface area contributed by atoms with Crippen LogP contribution in [0.15, 0.2) is 48.5 Å². The summed E-state index contributed by atoms with van der Waals surface area (Å²) in [7, 11) is 1.48. The molecule has 0 aliphatic rings. The van der Waals surface area contributed by atoms with Gasteiger partial charge in [-0.15, -0.1) is 0 Å². The number of phenolic OH excluding ortho intramolecular Hbond substituents is 1. The maximum Gasteiger partial charge on any atom is 0.305 e. The zero-order valence-corrected chi connectivity index (χ0v) is 20.7. The highest BCUT2D eigenvalue weighted by molar-refractivity contribution is 5.86. The number of nitrogens with one attached hydrogen (secondary N) is 2. The van der Waals surface area contributed by atoms with Gasteiger partial charge < -0.3 is 30.7 Å². The lowest BCUT2D eigenvalue weighted by Crippen LogP contribution is -2.51. The van der Waals surface area contributed by atoms with Crippen molar-refractivity contribution >= 4 is 11.9 Å². The number of hydrogen-bond donors (Lipinski definition) is 5. The lowest BCUT2D eigenvalue weighted by molar-refractivity contribution is -0.140. The number of aliphatic carboxylic acids is 1. The van der Waals surface area contributed by atoms with Crippen LogP contribution in [0, 0.1) is 0 Å². The number of phenols is 1. The summed E-state index contributed by atoms with van der Waals surface area (Å²) in [6, 6.07) is 13.7. The number of carboxylic acid groups (broad SMARTS) is 1. The third-order valence-corrected chi connectivity index (χ3v) is 6.21. The van der Waals surface area contributed by atoms with E-state index in [4.69, 9.17) is 4.74 Å². The number of aryl methyl sites for hydroxylation is 1. The summed E-state index contributed by atoms with van der Waals surface area (Å²) in [5, 5.41) is 35.7. The summed E-state index contributed by atoms with van der Waals surface area (Å²) >= 11 is 0. The predicted octanol–water partition coefficient (Wildman–Crippen LogP) is 3.22. The molecule has 0 aromatic heterocycles. The third kappa shape index (κ3) is 9.22. The van der Waals surface area contributed by atoms with Gasteiger partial charge in [0.15, 0.2) is 11.5 Å². The molecule has 0 aliphatic carbocycles. The fourth-order valence-electron chi connectivity index (χ4n) is 4.07. The van der Waals surface area contributed by atoms with E-state index >= 15 is 0 Å². The number of carboxylic acids is 1. The van der Waals surface area contributed by atoms with Gasteiger partial charge in [0.05, 0.1) is 31.7 Å². The van der Waals surface area contributed by atoms with Crippen LogP contribution in [-0.2, 0) is 16.0 Å². The van der Waals surface area contributed by atoms with Crippen molar-refractivity contribution in [2.45, 2.75) is 70.1 Å². The van der Waals surface area contributed by atoms with E-state index in [1.54, 1.807) is 19.1 Å². The van der Waals surface area contributed by atoms with Gasteiger partial charge in [0.1, 0.15) is 0 Å². The molecular formula is C27H38N2O6. The predicted molar refractivity (Wildman–Crippen MR) is 135 cm³/mol. The Labute approximate surface area is 207 Å². The molecular weight excluding hydrogens is 448 g/mol. The smallest absolute Gasteiger partial charge is 0.305 e. The van der Waals surface area contributed by atoms with Crippen molar-refractivity contribution in [3.8, 4) is 11.5 Å². The largest absolute Gasteiger partial charge is 0.504 e. The van der Waals surface area contributed by atoms with Gasteiger partial charge in [-0.05, 0) is 68.3 Å². The number of carbonyl (C=O) groups is 2. The van der Waals surface area contributed by atoms with E-state index in [0.717, 1.165) is 17.5 Å². The highest BCUT2D eigenvalue weighted by Crippen LogP contribution is 2.27. The second kappa shape index (κ2) is 14.3. The van der Waals surface area contributed by atoms with Gasteiger partial charge >= 0.3 is 5.97 Å². The number of amides is 1. The molecule has 8 nitrogen and oxygen atoms in total. The SMILES string of the molecule is CC[C@H](C[C@H](O)[C@H](C)NC(=O)[C@H](CC(=O)O)NCCCc1ccc(OC)c(O)c1)c1ccccc1. The number of aliphatic hydroxyl groups excluding tert-OH is 1. The van der Waals surface area contributed by atoms with E-state index in [1.165, 1.54) is 7.11 Å². The molecule has 0 heterocycles. The van der Waals surface area contributed by atoms with Gasteiger partial charge in [0, 0.05) is 0 Å². The van der Waals surface area contributed by atoms with Crippen LogP contribution >= 0.6 is 0 Å². The molecule has 0 radical (unpaired) electrons. The van der Waals surface area contributed by atoms with Crippen molar-refractivity contribution in [2.24, 2.45) is 0 Å². The van der Waals surface area contributed by atoms with E-state index in [1.807, 2.05) is 36.4 Å². The average molecular weight is 487 g/mol. The van der Waals surface area contributed by atoms with Gasteiger partial charge in [-0.25, -0.2) is 0 Å². The number of rotatable bonds is 15. The minimum absolute atomic E-state index is 0.0613. The van der Waals surface area contributed by atoms with Crippen LogP contribution in [0.2, 0.25) is 0 Å². The number of carbonyl (C=O) groups excluding carboxylic acids is 1. The molecule has 2 aromatic rings. The van der Waals surface area contributed by atoms with Crippen LogP contribution in [0.3, 0.4) is 0 Å². The molecule has 4 atom stereocenters. The molecule has 35 heavy (non-hydrogen) atoms. The first-order valence-electron chi connectivity index (χ1n) is 12.1. The lowest BCUT2D eigenvalue weighted by Gasteiger charge is -2.26. The molecule has 0 bridgehead atoms. The summed E-state index contributed by atoms with van der Waals surface area (Å²) in [4.78, 5) is 24.1. The number of ether oxygens (including phenoxy) is 1. The quantitative estimate of drug-likeness (QED) is 0.245. The first-order valence-corrected chi connectivity index (χ1v) is 12.1. The molecule has 5 N–H and O–H groups in total. The number of aliphatic hydroxyl groups is 1. The monoisotopic (exact) mass is 486 g/mol. The first-order chi connectivity index (χ1) is 16.7. The van der Waals surface area contributed by atoms with Crippen LogP contribution in [0.4, 0.5) is 0 Å². The Balaban J connectivity index is 1.87. The van der Waals surface area contributed by atoms with Gasteiger partial charge in [0.25, 0.3) is 0 Å². The molecule has 192 valence electrons. The second-order valence-electron chi connectivity index (χ2n) is 8.83. The topological polar surface area (TPSA) is 128 Å². The van der Waals surface area contributed by atoms with Crippen LogP contribution in [0.25, 0.3) is 0 Å². The highest BCUT2D eigenvalue weighted by atomic mass is 16.5. The Morgan fingerprint density at radius 2 is 1.83 bits per heavy atom. The summed E-state index contributed by atoms with van der Waals surface area (Å²) in [6.45, 7) is 4.21. The summed E-state index contributed by atoms with van der Waals surface area (Å²) in [6.07, 6.45) is 1.50. The molecule has 0 unspecified atom stereocenters. The van der Waals surface area contributed by atoms with Crippen molar-refractivity contribution in [3.05, 3.63) is 59.7 Å². The summed E-state index contributed by atoms with van der Waals surface area (Å²) in [5.74, 6) is -0.910. The van der Waals surface area contributed by atoms with E-state index in [-0.39, 0.29) is 18.1 Å². The molecule has 0 fully saturated rings. The number of hydrogen-bond acceptors (Lipinski definition) is 6. The van der Waals surface area contributed by atoms with Crippen LogP contribution in [-0.4, -0.2) is 59.0 Å². The molecule has 0 aliphatic heterocycles. The Morgan fingerprint density at radius 3 is 2.43 bits per heavy atom. The Bertz CT molecular complexity index is 937. The van der Waals surface area contributed by atoms with Crippen molar-refractivity contribution in [3.63, 3.8) is 0 Å². The normalized spacial score (nSPS) is 14.5. The number of aromatic hydroxyl groups is 1. The average Bonchev–Trinajstić information content (AvgIpc) is 2.84. The highest BCUT2D eigenvalue weighted by Gasteiger charge is 2.26. The fourth-order valence-corrected chi connectivity index (χ4v) is 4.07. The van der Waals surface area contributed by atoms with Crippen molar-refractivity contribution < 1.29 is 29.6 Å². The standard InChI is InChI=1S/C27H38N2O6/c1-4-20(21-10-6-5-7-11-21)16-23(30)18(2)29-27(34)22(17-26(32)33)28-14-8-9-19-12-13-25(35-3)24(31)15-19/h5-7,10-13,15,18,20,22-23,28,30-31H,4,8-9,14,16-17H2,1-3H3,(H,29,34)(H,32,33)/t18-,20+,22-,23-/m0/s1. The number of methoxy groups -OCH3 is 1. The summed E-state index contributed by atoms with van der Waals surface area (Å²) < 4.78 is 5.04. The van der Waals surface area contributed by atoms with Crippen LogP contribution < -0.4 is 15.4 Å². The third-order valence-electron chi connectivity index (χ3n) is 6.21. The fraction of sp³-hybridized carbons (Fsp3) is 0.481. The first kappa shape index (κ1) is 28.1. The van der Waals surface area contributed by atoms with E-state index in [0.29, 0.717) is 31.6 Å². The molecule has 0 spiro atoms. The number of benzene rings is 2. The van der Waals surface area contributed by atoms with Gasteiger partial charge in [0.2, 0.25) is 5.91 Å². The minimum Gasteiger partial charge on any atom is -0.504 e. The maximum absolute atomic E-state index is 12.8. The Morgan fingerprint density at radius 1 is 1.11 bits per heavy atom. The van der Waals surface area contributed by atoms with Gasteiger partial charge in [-0.3, -0.25) is 9.59 Å². The van der Waals surface area contributed by atoms with E-state index in [2.05, 4.69) is 17.6 Å². The molecule has 8 heteroatoms. The van der Waals surface area contributed by atoms with Gasteiger partial charge in [-0.2, -0.15) is 0 Å². The lowest BCUT2D eigenvalue weighted by atomic mass is 9.89. The summed E-state index contributed by atoms with van der Waals surface area (Å²) in [5.41, 5.74) is 2.05. The molecule has 1 amide bonds. The minimum atomic E-state index is -1.08. The van der Waals surface area contributed by atoms with Crippen LogP contribution in [0.5, 0.6) is 11.5 Å². The van der Waals surface area contributed by atoms with Crippen LogP contribution in [0.1, 0.15) is 56.6 Å². The Kier molecular flexibility index (Phi) is 11.5. The maximum atomic E-state index is 12.8.